The van der Waals surface area contributed by atoms with Crippen LogP contribution in [0.2, 0.25) is 0 Å². The lowest BCUT2D eigenvalue weighted by atomic mass is 10.00. The molecule has 0 saturated carbocycles. The first-order valence-electron chi connectivity index (χ1n) is 11.1. The summed E-state index contributed by atoms with van der Waals surface area (Å²) in [7, 11) is 1.57. The van der Waals surface area contributed by atoms with Crippen LogP contribution in [0.4, 0.5) is 18.0 Å². The van der Waals surface area contributed by atoms with Crippen LogP contribution in [0, 0.1) is 5.92 Å². The van der Waals surface area contributed by atoms with E-state index >= 15 is 0 Å². The highest BCUT2D eigenvalue weighted by Gasteiger charge is 2.38. The van der Waals surface area contributed by atoms with Crippen LogP contribution >= 0.6 is 11.8 Å². The number of ether oxygens (including phenoxy) is 1. The van der Waals surface area contributed by atoms with Gasteiger partial charge in [-0.1, -0.05) is 38.1 Å². The van der Waals surface area contributed by atoms with E-state index in [2.05, 4.69) is 15.4 Å². The van der Waals surface area contributed by atoms with Gasteiger partial charge >= 0.3 is 12.1 Å². The lowest BCUT2D eigenvalue weighted by molar-refractivity contribution is -0.148. The zero-order valence-electron chi connectivity index (χ0n) is 19.7. The predicted molar refractivity (Wildman–Crippen MR) is 133 cm³/mol. The van der Waals surface area contributed by atoms with Crippen LogP contribution in [0.25, 0.3) is 17.0 Å². The number of rotatable bonds is 6. The lowest BCUT2D eigenvalue weighted by Crippen LogP contribution is -2.27. The second-order valence-electron chi connectivity index (χ2n) is 8.53. The predicted octanol–water partition coefficient (Wildman–Crippen LogP) is 5.67. The Balaban J connectivity index is 1.78. The molecular formula is C25H23F3N4O3S. The maximum absolute atomic E-state index is 13.8. The number of thioether (sulfide) groups is 1. The fourth-order valence-corrected chi connectivity index (χ4v) is 4.51. The molecule has 1 unspecified atom stereocenters. The van der Waals surface area contributed by atoms with Crippen molar-refractivity contribution in [3.8, 4) is 0 Å². The van der Waals surface area contributed by atoms with Crippen LogP contribution in [-0.4, -0.2) is 40.5 Å². The van der Waals surface area contributed by atoms with E-state index in [-0.39, 0.29) is 23.3 Å². The largest absolute Gasteiger partial charge is 0.464 e. The van der Waals surface area contributed by atoms with Gasteiger partial charge in [-0.3, -0.25) is 14.5 Å². The van der Waals surface area contributed by atoms with Gasteiger partial charge < -0.3 is 10.1 Å². The molecule has 1 N–H and O–H groups in total. The van der Waals surface area contributed by atoms with E-state index in [4.69, 9.17) is 4.74 Å². The summed E-state index contributed by atoms with van der Waals surface area (Å²) in [5, 5.41) is 7.42. The summed E-state index contributed by atoms with van der Waals surface area (Å²) < 4.78 is 48.0. The molecule has 0 aliphatic carbocycles. The lowest BCUT2D eigenvalue weighted by Gasteiger charge is -2.21. The first-order chi connectivity index (χ1) is 17.1. The minimum absolute atomic E-state index is 0.00567. The van der Waals surface area contributed by atoms with Crippen LogP contribution in [-0.2, 0) is 15.7 Å². The highest BCUT2D eigenvalue weighted by atomic mass is 32.2. The Morgan fingerprint density at radius 2 is 2.00 bits per heavy atom. The smallest absolute Gasteiger partial charge is 0.416 e. The van der Waals surface area contributed by atoms with Gasteiger partial charge in [0.15, 0.2) is 6.04 Å². The number of carbonyl (C=O) groups excluding carboxylic acids is 2. The normalized spacial score (nSPS) is 17.2. The number of nitrogens with zero attached hydrogens (tertiary/aromatic N) is 3. The van der Waals surface area contributed by atoms with Gasteiger partial charge in [0, 0.05) is 18.6 Å². The Kier molecular flexibility index (Phi) is 7.21. The second kappa shape index (κ2) is 10.2. The number of hydrogen-bond donors (Lipinski definition) is 1. The van der Waals surface area contributed by atoms with Gasteiger partial charge in [0.25, 0.3) is 5.24 Å². The van der Waals surface area contributed by atoms with Crippen molar-refractivity contribution in [3.05, 3.63) is 70.3 Å². The van der Waals surface area contributed by atoms with Crippen molar-refractivity contribution in [1.82, 2.24) is 15.1 Å². The summed E-state index contributed by atoms with van der Waals surface area (Å²) in [6, 6.07) is 8.72. The number of nitrogens with one attached hydrogen (secondary N) is 1. The van der Waals surface area contributed by atoms with Gasteiger partial charge in [0.2, 0.25) is 0 Å². The number of halogens is 3. The van der Waals surface area contributed by atoms with Crippen LogP contribution in [0.15, 0.2) is 58.6 Å². The van der Waals surface area contributed by atoms with Crippen molar-refractivity contribution in [2.45, 2.75) is 26.1 Å². The summed E-state index contributed by atoms with van der Waals surface area (Å²) in [5.41, 5.74) is 0.0470. The zero-order chi connectivity index (χ0) is 26.0. The fraction of sp³-hybridized carbons (Fsp3) is 0.280. The number of fused-ring (bicyclic) bond motifs is 1. The molecule has 0 radical (unpaired) electrons. The molecule has 1 fully saturated rings. The molecule has 1 amide bonds. The number of amides is 1. The van der Waals surface area contributed by atoms with Gasteiger partial charge in [-0.2, -0.15) is 18.3 Å². The first kappa shape index (κ1) is 25.5. The van der Waals surface area contributed by atoms with Crippen molar-refractivity contribution < 1.29 is 27.5 Å². The monoisotopic (exact) mass is 516 g/mol. The minimum Gasteiger partial charge on any atom is -0.464 e. The quantitative estimate of drug-likeness (QED) is 0.427. The summed E-state index contributed by atoms with van der Waals surface area (Å²) >= 11 is 1.01. The number of benzene rings is 2. The van der Waals surface area contributed by atoms with Crippen LogP contribution in [0.3, 0.4) is 0 Å². The molecule has 0 bridgehead atoms. The molecule has 2 heterocycles. The van der Waals surface area contributed by atoms with Crippen molar-refractivity contribution in [1.29, 1.82) is 0 Å². The van der Waals surface area contributed by atoms with Crippen molar-refractivity contribution in [3.63, 3.8) is 0 Å². The maximum atomic E-state index is 13.8. The SMILES string of the molecule is CN=C1NC(=O)S/C1=C\c1ccc2nn(C(C(=O)OCC(C)C)c3ccccc3C(F)(F)F)cc2c1. The third-order valence-electron chi connectivity index (χ3n) is 5.33. The number of amidine groups is 1. The molecule has 2 aromatic carbocycles. The molecule has 1 aromatic heterocycles. The number of esters is 1. The molecule has 0 spiro atoms. The summed E-state index contributed by atoms with van der Waals surface area (Å²) in [5.74, 6) is -0.366. The van der Waals surface area contributed by atoms with Gasteiger partial charge in [-0.25, -0.2) is 4.79 Å². The molecule has 11 heteroatoms. The minimum atomic E-state index is -4.66. The molecule has 4 rings (SSSR count). The number of aromatic nitrogens is 2. The molecule has 1 aliphatic heterocycles. The van der Waals surface area contributed by atoms with E-state index in [1.807, 2.05) is 13.8 Å². The average molecular weight is 517 g/mol. The van der Waals surface area contributed by atoms with E-state index in [1.165, 1.54) is 29.1 Å². The van der Waals surface area contributed by atoms with E-state index < -0.39 is 23.8 Å². The third kappa shape index (κ3) is 5.46. The Hall–Kier alpha value is -3.60. The Bertz CT molecular complexity index is 1380. The van der Waals surface area contributed by atoms with E-state index in [0.717, 1.165) is 23.4 Å². The highest BCUT2D eigenvalue weighted by molar-refractivity contribution is 8.18. The highest BCUT2D eigenvalue weighted by Crippen LogP contribution is 2.36. The Morgan fingerprint density at radius 1 is 1.25 bits per heavy atom. The van der Waals surface area contributed by atoms with Gasteiger partial charge in [0.05, 0.1) is 22.6 Å². The summed E-state index contributed by atoms with van der Waals surface area (Å²) in [4.78, 5) is 29.5. The standard InChI is InChI=1S/C25H23F3N4O3S/c1-14(2)13-35-23(33)21(17-6-4-5-7-18(17)25(26,27)28)32-12-16-10-15(8-9-19(16)31-32)11-20-22(29-3)30-24(34)36-20/h4-12,14,21H,13H2,1-3H3,(H,29,30,34)/b20-11-. The number of carbonyl (C=O) groups is 2. The molecule has 1 saturated heterocycles. The second-order valence-corrected chi connectivity index (χ2v) is 9.55. The van der Waals surface area contributed by atoms with Crippen LogP contribution in [0.1, 0.15) is 36.6 Å². The van der Waals surface area contributed by atoms with Crippen molar-refractivity contribution in [2.24, 2.45) is 10.9 Å². The van der Waals surface area contributed by atoms with Crippen molar-refractivity contribution in [2.75, 3.05) is 13.7 Å². The topological polar surface area (TPSA) is 85.6 Å². The van der Waals surface area contributed by atoms with Gasteiger partial charge in [0.1, 0.15) is 5.84 Å². The Labute approximate surface area is 209 Å². The maximum Gasteiger partial charge on any atom is 0.416 e. The van der Waals surface area contributed by atoms with E-state index in [0.29, 0.717) is 21.6 Å². The Morgan fingerprint density at radius 3 is 2.69 bits per heavy atom. The summed E-state index contributed by atoms with van der Waals surface area (Å²) in [6.45, 7) is 3.74. The summed E-state index contributed by atoms with van der Waals surface area (Å²) in [6.07, 6.45) is -1.37. The molecule has 7 nitrogen and oxygen atoms in total. The average Bonchev–Trinajstić information content (AvgIpc) is 3.39. The fourth-order valence-electron chi connectivity index (χ4n) is 3.73. The van der Waals surface area contributed by atoms with Crippen LogP contribution < -0.4 is 5.32 Å². The molecule has 3 aromatic rings. The number of hydrogen-bond acceptors (Lipinski definition) is 6. The third-order valence-corrected chi connectivity index (χ3v) is 6.15. The van der Waals surface area contributed by atoms with Gasteiger partial charge in [-0.15, -0.1) is 0 Å². The van der Waals surface area contributed by atoms with Crippen LogP contribution in [0.5, 0.6) is 0 Å². The molecule has 1 aliphatic rings. The first-order valence-corrected chi connectivity index (χ1v) is 11.9. The molecule has 188 valence electrons. The van der Waals surface area contributed by atoms with Gasteiger partial charge in [-0.05, 0) is 53.1 Å². The molecule has 36 heavy (non-hydrogen) atoms. The molecular weight excluding hydrogens is 493 g/mol. The van der Waals surface area contributed by atoms with E-state index in [9.17, 15) is 22.8 Å². The number of alkyl halides is 3. The number of aliphatic imine (C=N–C) groups is 1. The van der Waals surface area contributed by atoms with Crippen molar-refractivity contribution >= 4 is 45.8 Å². The molecule has 1 atom stereocenters. The van der Waals surface area contributed by atoms with E-state index in [1.54, 1.807) is 31.3 Å². The zero-order valence-corrected chi connectivity index (χ0v) is 20.5.